The van der Waals surface area contributed by atoms with Gasteiger partial charge < -0.3 is 23.7 Å². The van der Waals surface area contributed by atoms with Crippen molar-refractivity contribution in [3.05, 3.63) is 12.7 Å². The van der Waals surface area contributed by atoms with Crippen molar-refractivity contribution in [3.8, 4) is 0 Å². The molecule has 1 heterocycles. The lowest BCUT2D eigenvalue weighted by atomic mass is 9.94. The third-order valence-corrected chi connectivity index (χ3v) is 5.25. The Kier molecular flexibility index (Phi) is 15.8. The molecule has 29 heavy (non-hydrogen) atoms. The molecule has 1 saturated heterocycles. The summed E-state index contributed by atoms with van der Waals surface area (Å²) in [5.74, 6) is 0. The van der Waals surface area contributed by atoms with Crippen LogP contribution < -0.4 is 0 Å². The van der Waals surface area contributed by atoms with Gasteiger partial charge in [0.1, 0.15) is 30.5 Å². The van der Waals surface area contributed by atoms with E-state index in [4.69, 9.17) is 23.7 Å². The largest absolute Gasteiger partial charge is 0.379 e. The Balaban J connectivity index is 2.94. The zero-order chi connectivity index (χ0) is 21.3. The van der Waals surface area contributed by atoms with E-state index in [9.17, 15) is 0 Å². The monoisotopic (exact) mass is 414 g/mol. The van der Waals surface area contributed by atoms with Crippen LogP contribution in [0.2, 0.25) is 0 Å². The first-order chi connectivity index (χ1) is 14.2. The van der Waals surface area contributed by atoms with Crippen LogP contribution in [0.1, 0.15) is 79.1 Å². The van der Waals surface area contributed by atoms with Gasteiger partial charge in [0, 0.05) is 26.4 Å². The Labute approximate surface area is 179 Å². The number of hydrogen-bond donors (Lipinski definition) is 0. The van der Waals surface area contributed by atoms with E-state index in [1.165, 1.54) is 0 Å². The average molecular weight is 415 g/mol. The van der Waals surface area contributed by atoms with Crippen molar-refractivity contribution in [2.45, 2.75) is 110 Å². The highest BCUT2D eigenvalue weighted by atomic mass is 16.6. The second kappa shape index (κ2) is 17.2. The molecular weight excluding hydrogens is 368 g/mol. The lowest BCUT2D eigenvalue weighted by Gasteiger charge is -2.45. The molecule has 1 aliphatic heterocycles. The van der Waals surface area contributed by atoms with Gasteiger partial charge in [0.25, 0.3) is 0 Å². The van der Waals surface area contributed by atoms with Crippen molar-refractivity contribution in [1.82, 2.24) is 0 Å². The fourth-order valence-corrected chi connectivity index (χ4v) is 3.38. The maximum absolute atomic E-state index is 6.37. The first kappa shape index (κ1) is 26.6. The summed E-state index contributed by atoms with van der Waals surface area (Å²) in [6, 6.07) is 0. The van der Waals surface area contributed by atoms with Gasteiger partial charge in [-0.2, -0.15) is 0 Å². The highest BCUT2D eigenvalue weighted by Crippen LogP contribution is 2.30. The molecule has 0 aromatic carbocycles. The summed E-state index contributed by atoms with van der Waals surface area (Å²) < 4.78 is 31.2. The van der Waals surface area contributed by atoms with E-state index in [0.717, 1.165) is 58.0 Å². The quantitative estimate of drug-likeness (QED) is 0.225. The second-order valence-electron chi connectivity index (χ2n) is 7.87. The topological polar surface area (TPSA) is 46.2 Å². The van der Waals surface area contributed by atoms with Crippen molar-refractivity contribution in [1.29, 1.82) is 0 Å². The van der Waals surface area contributed by atoms with Crippen LogP contribution in [0.4, 0.5) is 0 Å². The summed E-state index contributed by atoms with van der Waals surface area (Å²) in [5.41, 5.74) is 0. The van der Waals surface area contributed by atoms with Crippen LogP contribution >= 0.6 is 0 Å². The number of rotatable bonds is 18. The first-order valence-corrected chi connectivity index (χ1v) is 11.9. The van der Waals surface area contributed by atoms with Gasteiger partial charge in [-0.1, -0.05) is 59.5 Å². The molecule has 0 amide bonds. The standard InChI is InChI=1S/C24H46O5/c1-6-11-15-25-19-21-23(27-17-13-8-3)24(28-18-14-9-4)22(20(10-5)29-21)26-16-12-7-2/h10,20-24H,5-9,11-19H2,1-4H3/t20-,21?,22+,23+,24?/m0/s1. The molecule has 0 bridgehead atoms. The molecule has 0 N–H and O–H groups in total. The zero-order valence-corrected chi connectivity index (χ0v) is 19.4. The lowest BCUT2D eigenvalue weighted by molar-refractivity contribution is -0.256. The fourth-order valence-electron chi connectivity index (χ4n) is 3.38. The number of ether oxygens (including phenoxy) is 5. The van der Waals surface area contributed by atoms with Crippen molar-refractivity contribution in [2.24, 2.45) is 0 Å². The first-order valence-electron chi connectivity index (χ1n) is 11.9. The lowest BCUT2D eigenvalue weighted by Crippen LogP contribution is -2.61. The molecule has 0 radical (unpaired) electrons. The Morgan fingerprint density at radius 2 is 1.17 bits per heavy atom. The van der Waals surface area contributed by atoms with Crippen LogP contribution in [-0.4, -0.2) is 63.6 Å². The van der Waals surface area contributed by atoms with Gasteiger partial charge in [0.05, 0.1) is 6.61 Å². The van der Waals surface area contributed by atoms with Gasteiger partial charge in [-0.15, -0.1) is 6.58 Å². The predicted octanol–water partition coefficient (Wildman–Crippen LogP) is 5.31. The smallest absolute Gasteiger partial charge is 0.116 e. The van der Waals surface area contributed by atoms with Crippen molar-refractivity contribution in [2.75, 3.05) is 33.0 Å². The SMILES string of the molecule is C=C[C@@H]1OC(COCCCC)[C@@H](OCCCC)C(OCCCC)[C@@H]1OCCCC. The molecule has 172 valence electrons. The molecule has 1 aliphatic rings. The van der Waals surface area contributed by atoms with Crippen molar-refractivity contribution < 1.29 is 23.7 Å². The summed E-state index contributed by atoms with van der Waals surface area (Å²) in [4.78, 5) is 0. The second-order valence-corrected chi connectivity index (χ2v) is 7.87. The molecular formula is C24H46O5. The van der Waals surface area contributed by atoms with Gasteiger partial charge in [-0.05, 0) is 25.7 Å². The Morgan fingerprint density at radius 1 is 0.690 bits per heavy atom. The van der Waals surface area contributed by atoms with Crippen molar-refractivity contribution >= 4 is 0 Å². The minimum Gasteiger partial charge on any atom is -0.379 e. The Morgan fingerprint density at radius 3 is 1.69 bits per heavy atom. The van der Waals surface area contributed by atoms with E-state index in [-0.39, 0.29) is 30.5 Å². The molecule has 0 aliphatic carbocycles. The van der Waals surface area contributed by atoms with Crippen LogP contribution in [0.25, 0.3) is 0 Å². The Bertz CT molecular complexity index is 389. The van der Waals surface area contributed by atoms with E-state index < -0.39 is 0 Å². The molecule has 0 aromatic rings. The third-order valence-electron chi connectivity index (χ3n) is 5.25. The van der Waals surface area contributed by atoms with E-state index in [1.807, 2.05) is 6.08 Å². The normalized spacial score (nSPS) is 27.2. The molecule has 1 fully saturated rings. The number of hydrogen-bond acceptors (Lipinski definition) is 5. The summed E-state index contributed by atoms with van der Waals surface area (Å²) in [5, 5.41) is 0. The zero-order valence-electron chi connectivity index (χ0n) is 19.4. The van der Waals surface area contributed by atoms with Crippen LogP contribution in [0.3, 0.4) is 0 Å². The predicted molar refractivity (Wildman–Crippen MR) is 119 cm³/mol. The number of unbranched alkanes of at least 4 members (excludes halogenated alkanes) is 4. The third kappa shape index (κ3) is 9.93. The summed E-state index contributed by atoms with van der Waals surface area (Å²) in [6.45, 7) is 16.0. The van der Waals surface area contributed by atoms with Crippen molar-refractivity contribution in [3.63, 3.8) is 0 Å². The van der Waals surface area contributed by atoms with Crippen LogP contribution in [-0.2, 0) is 23.7 Å². The summed E-state index contributed by atoms with van der Waals surface area (Å²) >= 11 is 0. The van der Waals surface area contributed by atoms with Gasteiger partial charge >= 0.3 is 0 Å². The van der Waals surface area contributed by atoms with E-state index >= 15 is 0 Å². The van der Waals surface area contributed by atoms with E-state index in [1.54, 1.807) is 0 Å². The summed E-state index contributed by atoms with van der Waals surface area (Å²) in [7, 11) is 0. The molecule has 1 rings (SSSR count). The highest BCUT2D eigenvalue weighted by Gasteiger charge is 2.47. The van der Waals surface area contributed by atoms with Gasteiger partial charge in [0.15, 0.2) is 0 Å². The molecule has 5 atom stereocenters. The van der Waals surface area contributed by atoms with Crippen LogP contribution in [0.15, 0.2) is 12.7 Å². The van der Waals surface area contributed by atoms with E-state index in [2.05, 4.69) is 34.3 Å². The minimum atomic E-state index is -0.218. The molecule has 2 unspecified atom stereocenters. The molecule has 0 aromatic heterocycles. The minimum absolute atomic E-state index is 0.174. The molecule has 0 spiro atoms. The Hall–Kier alpha value is -0.460. The maximum atomic E-state index is 6.37. The summed E-state index contributed by atoms with van der Waals surface area (Å²) in [6.07, 6.45) is 9.41. The van der Waals surface area contributed by atoms with E-state index in [0.29, 0.717) is 26.4 Å². The van der Waals surface area contributed by atoms with Gasteiger partial charge in [-0.3, -0.25) is 0 Å². The maximum Gasteiger partial charge on any atom is 0.116 e. The van der Waals surface area contributed by atoms with Crippen LogP contribution in [0.5, 0.6) is 0 Å². The molecule has 5 nitrogen and oxygen atoms in total. The average Bonchev–Trinajstić information content (AvgIpc) is 2.73. The molecule has 5 heteroatoms. The van der Waals surface area contributed by atoms with Gasteiger partial charge in [-0.25, -0.2) is 0 Å². The molecule has 0 saturated carbocycles. The van der Waals surface area contributed by atoms with Gasteiger partial charge in [0.2, 0.25) is 0 Å². The highest BCUT2D eigenvalue weighted by molar-refractivity contribution is 5.01. The van der Waals surface area contributed by atoms with Crippen LogP contribution in [0, 0.1) is 0 Å². The fraction of sp³-hybridized carbons (Fsp3) is 0.917.